The molecule has 1 fully saturated rings. The Hall–Kier alpha value is -1.51. The van der Waals surface area contributed by atoms with Gasteiger partial charge in [0.25, 0.3) is 0 Å². The molecule has 1 aliphatic rings. The third-order valence-electron chi connectivity index (χ3n) is 2.85. The van der Waals surface area contributed by atoms with Gasteiger partial charge < -0.3 is 0 Å². The summed E-state index contributed by atoms with van der Waals surface area (Å²) in [6.45, 7) is 0. The number of hydrogen-bond acceptors (Lipinski definition) is 3. The number of carbonyl (C=O) groups is 2. The lowest BCUT2D eigenvalue weighted by Gasteiger charge is -2.37. The number of carbonyl (C=O) groups excluding carboxylic acids is 2. The van der Waals surface area contributed by atoms with Crippen molar-refractivity contribution in [3.8, 4) is 0 Å². The van der Waals surface area contributed by atoms with Crippen LogP contribution >= 0.6 is 23.2 Å². The summed E-state index contributed by atoms with van der Waals surface area (Å²) < 4.78 is 38.1. The Balaban J connectivity index is 2.39. The first kappa shape index (κ1) is 15.9. The maximum atomic E-state index is 12.7. The molecule has 0 aliphatic carbocycles. The maximum Gasteiger partial charge on any atom is 0.410 e. The number of benzene rings is 1. The molecular formula is C11H8Cl2F3N3O2. The molecule has 1 unspecified atom stereocenters. The van der Waals surface area contributed by atoms with Crippen molar-refractivity contribution >= 4 is 40.8 Å². The van der Waals surface area contributed by atoms with Crippen molar-refractivity contribution < 1.29 is 22.8 Å². The topological polar surface area (TPSA) is 66.6 Å². The normalized spacial score (nSPS) is 20.2. The number of anilines is 1. The van der Waals surface area contributed by atoms with Gasteiger partial charge in [-0.2, -0.15) is 13.2 Å². The van der Waals surface area contributed by atoms with Crippen LogP contribution in [0, 0.1) is 0 Å². The first-order valence-electron chi connectivity index (χ1n) is 5.55. The molecule has 5 nitrogen and oxygen atoms in total. The van der Waals surface area contributed by atoms with Crippen molar-refractivity contribution in [2.75, 3.05) is 4.90 Å². The second kappa shape index (κ2) is 5.36. The molecule has 1 heterocycles. The highest BCUT2D eigenvalue weighted by molar-refractivity contribution is 6.35. The van der Waals surface area contributed by atoms with Crippen molar-refractivity contribution in [1.82, 2.24) is 5.01 Å². The Morgan fingerprint density at radius 3 is 2.14 bits per heavy atom. The van der Waals surface area contributed by atoms with Gasteiger partial charge in [-0.25, -0.2) is 20.5 Å². The molecular weight excluding hydrogens is 334 g/mol. The van der Waals surface area contributed by atoms with E-state index >= 15 is 0 Å². The van der Waals surface area contributed by atoms with Gasteiger partial charge in [0, 0.05) is 10.0 Å². The molecule has 1 aromatic carbocycles. The number of amides is 3. The predicted octanol–water partition coefficient (Wildman–Crippen LogP) is 2.96. The number of halogens is 5. The van der Waals surface area contributed by atoms with Crippen LogP contribution in [0.3, 0.4) is 0 Å². The van der Waals surface area contributed by atoms with Gasteiger partial charge in [0.2, 0.25) is 5.91 Å². The molecule has 21 heavy (non-hydrogen) atoms. The zero-order chi connectivity index (χ0) is 15.9. The van der Waals surface area contributed by atoms with E-state index in [1.165, 1.54) is 18.2 Å². The monoisotopic (exact) mass is 341 g/mol. The number of hydrogen-bond donors (Lipinski definition) is 1. The van der Waals surface area contributed by atoms with Gasteiger partial charge in [0.1, 0.15) is 0 Å². The molecule has 10 heteroatoms. The van der Waals surface area contributed by atoms with Gasteiger partial charge in [-0.1, -0.05) is 23.2 Å². The maximum absolute atomic E-state index is 12.7. The number of hydrazine groups is 1. The predicted molar refractivity (Wildman–Crippen MR) is 69.8 cm³/mol. The van der Waals surface area contributed by atoms with Gasteiger partial charge in [-0.05, 0) is 18.2 Å². The minimum Gasteiger partial charge on any atom is -0.274 e. The summed E-state index contributed by atoms with van der Waals surface area (Å²) in [5.74, 6) is 4.14. The summed E-state index contributed by atoms with van der Waals surface area (Å²) in [5, 5.41) is 0.232. The quantitative estimate of drug-likeness (QED) is 0.630. The van der Waals surface area contributed by atoms with E-state index in [9.17, 15) is 22.8 Å². The lowest BCUT2D eigenvalue weighted by atomic mass is 10.1. The molecule has 1 aromatic rings. The molecule has 2 rings (SSSR count). The highest BCUT2D eigenvalue weighted by Crippen LogP contribution is 2.33. The Labute approximate surface area is 127 Å². The molecule has 0 bridgehead atoms. The first-order chi connectivity index (χ1) is 9.61. The van der Waals surface area contributed by atoms with Crippen molar-refractivity contribution in [2.24, 2.45) is 5.84 Å². The molecule has 1 saturated heterocycles. The van der Waals surface area contributed by atoms with Crippen LogP contribution < -0.4 is 10.7 Å². The zero-order valence-corrected chi connectivity index (χ0v) is 11.7. The third-order valence-corrected chi connectivity index (χ3v) is 3.29. The lowest BCUT2D eigenvalue weighted by Crippen LogP contribution is -2.64. The summed E-state index contributed by atoms with van der Waals surface area (Å²) in [5.41, 5.74) is -0.0430. The third kappa shape index (κ3) is 3.07. The van der Waals surface area contributed by atoms with Crippen molar-refractivity contribution in [3.63, 3.8) is 0 Å². The van der Waals surface area contributed by atoms with E-state index in [1.54, 1.807) is 0 Å². The summed E-state index contributed by atoms with van der Waals surface area (Å²) in [6.07, 6.45) is -5.77. The summed E-state index contributed by atoms with van der Waals surface area (Å²) in [6, 6.07) is 0.149. The van der Waals surface area contributed by atoms with E-state index < -0.39 is 30.6 Å². The molecule has 1 atom stereocenters. The molecule has 0 aromatic heterocycles. The minimum absolute atomic E-state index is 0.0176. The SMILES string of the molecule is NN1C(=O)N(c2cc(Cl)cc(Cl)c2)C(=O)CC1C(F)(F)F. The molecule has 0 radical (unpaired) electrons. The highest BCUT2D eigenvalue weighted by atomic mass is 35.5. The van der Waals surface area contributed by atoms with Crippen molar-refractivity contribution in [2.45, 2.75) is 18.6 Å². The number of urea groups is 1. The first-order valence-corrected chi connectivity index (χ1v) is 6.30. The molecule has 0 spiro atoms. The van der Waals surface area contributed by atoms with Gasteiger partial charge in [-0.3, -0.25) is 4.79 Å². The fourth-order valence-electron chi connectivity index (χ4n) is 1.91. The summed E-state index contributed by atoms with van der Waals surface area (Å²) >= 11 is 11.5. The van der Waals surface area contributed by atoms with Gasteiger partial charge >= 0.3 is 12.2 Å². The second-order valence-electron chi connectivity index (χ2n) is 4.31. The van der Waals surface area contributed by atoms with E-state index in [-0.39, 0.29) is 20.7 Å². The molecule has 114 valence electrons. The van der Waals surface area contributed by atoms with Crippen LogP contribution in [0.1, 0.15) is 6.42 Å². The van der Waals surface area contributed by atoms with E-state index in [4.69, 9.17) is 29.0 Å². The van der Waals surface area contributed by atoms with Gasteiger partial charge in [-0.15, -0.1) is 0 Å². The molecule has 1 aliphatic heterocycles. The number of alkyl halides is 3. The van der Waals surface area contributed by atoms with Crippen LogP contribution in [-0.4, -0.2) is 29.2 Å². The Morgan fingerprint density at radius 2 is 1.67 bits per heavy atom. The van der Waals surface area contributed by atoms with Crippen LogP contribution in [0.2, 0.25) is 10.0 Å². The molecule has 0 saturated carbocycles. The van der Waals surface area contributed by atoms with E-state index in [0.29, 0.717) is 4.90 Å². The zero-order valence-electron chi connectivity index (χ0n) is 10.2. The van der Waals surface area contributed by atoms with E-state index in [2.05, 4.69) is 0 Å². The van der Waals surface area contributed by atoms with Crippen LogP contribution in [0.25, 0.3) is 0 Å². The lowest BCUT2D eigenvalue weighted by molar-refractivity contribution is -0.182. The fourth-order valence-corrected chi connectivity index (χ4v) is 2.42. The van der Waals surface area contributed by atoms with Crippen LogP contribution in [0.4, 0.5) is 23.7 Å². The van der Waals surface area contributed by atoms with Crippen LogP contribution in [0.5, 0.6) is 0 Å². The summed E-state index contributed by atoms with van der Waals surface area (Å²) in [4.78, 5) is 24.3. The number of imide groups is 1. The number of nitrogens with zero attached hydrogens (tertiary/aromatic N) is 2. The average molecular weight is 342 g/mol. The van der Waals surface area contributed by atoms with Crippen LogP contribution in [0.15, 0.2) is 18.2 Å². The van der Waals surface area contributed by atoms with Crippen molar-refractivity contribution in [1.29, 1.82) is 0 Å². The highest BCUT2D eigenvalue weighted by Gasteiger charge is 2.51. The number of nitrogens with two attached hydrogens (primary N) is 1. The van der Waals surface area contributed by atoms with Gasteiger partial charge in [0.15, 0.2) is 6.04 Å². The molecule has 3 amide bonds. The molecule has 2 N–H and O–H groups in total. The smallest absolute Gasteiger partial charge is 0.274 e. The Kier molecular flexibility index (Phi) is 4.05. The Bertz CT molecular complexity index is 589. The van der Waals surface area contributed by atoms with Gasteiger partial charge in [0.05, 0.1) is 12.1 Å². The summed E-state index contributed by atoms with van der Waals surface area (Å²) in [7, 11) is 0. The van der Waals surface area contributed by atoms with Crippen molar-refractivity contribution in [3.05, 3.63) is 28.2 Å². The van der Waals surface area contributed by atoms with E-state index in [1.807, 2.05) is 0 Å². The standard InChI is InChI=1S/C11H8Cl2F3N3O2/c12-5-1-6(13)3-7(2-5)18-9(20)4-8(11(14,15)16)19(17)10(18)21/h1-3,8H,4,17H2. The minimum atomic E-state index is -4.79. The fraction of sp³-hybridized carbons (Fsp3) is 0.273. The number of rotatable bonds is 1. The van der Waals surface area contributed by atoms with E-state index in [0.717, 1.165) is 0 Å². The second-order valence-corrected chi connectivity index (χ2v) is 5.18. The largest absolute Gasteiger partial charge is 0.410 e. The van der Waals surface area contributed by atoms with Crippen LogP contribution in [-0.2, 0) is 4.79 Å². The average Bonchev–Trinajstić information content (AvgIpc) is 2.31. The Morgan fingerprint density at radius 1 is 1.14 bits per heavy atom.